The van der Waals surface area contributed by atoms with Crippen LogP contribution in [0.15, 0.2) is 36.4 Å². The minimum absolute atomic E-state index is 0.448. The van der Waals surface area contributed by atoms with E-state index >= 15 is 0 Å². The zero-order chi connectivity index (χ0) is 10.7. The van der Waals surface area contributed by atoms with Crippen LogP contribution in [0.5, 0.6) is 0 Å². The molecule has 2 rings (SSSR count). The first kappa shape index (κ1) is 10.1. The summed E-state index contributed by atoms with van der Waals surface area (Å²) in [6, 6.07) is 12.0. The predicted octanol–water partition coefficient (Wildman–Crippen LogP) is 3.03. The maximum atomic E-state index is 5.75. The van der Waals surface area contributed by atoms with E-state index in [1.807, 2.05) is 31.2 Å². The standard InChI is InChI=1S/C12H11ClN2/c1-9-7-12(13)15-14-11(9)8-10-5-3-2-4-6-10/h2-7H,8H2,1H3. The maximum absolute atomic E-state index is 5.75. The Labute approximate surface area is 93.9 Å². The van der Waals surface area contributed by atoms with Gasteiger partial charge in [-0.05, 0) is 24.1 Å². The number of halogens is 1. The average Bonchev–Trinajstić information content (AvgIpc) is 2.24. The highest BCUT2D eigenvalue weighted by Crippen LogP contribution is 2.13. The SMILES string of the molecule is Cc1cc(Cl)nnc1Cc1ccccc1. The molecule has 1 aromatic carbocycles. The second-order valence-electron chi connectivity index (χ2n) is 3.46. The summed E-state index contributed by atoms with van der Waals surface area (Å²) in [5.41, 5.74) is 3.29. The fourth-order valence-electron chi connectivity index (χ4n) is 1.44. The molecule has 0 unspecified atom stereocenters. The van der Waals surface area contributed by atoms with Crippen LogP contribution in [0.2, 0.25) is 5.15 Å². The van der Waals surface area contributed by atoms with E-state index < -0.39 is 0 Å². The van der Waals surface area contributed by atoms with E-state index in [2.05, 4.69) is 22.3 Å². The van der Waals surface area contributed by atoms with Crippen molar-refractivity contribution in [3.05, 3.63) is 58.4 Å². The summed E-state index contributed by atoms with van der Waals surface area (Å²) in [4.78, 5) is 0. The number of hydrogen-bond donors (Lipinski definition) is 0. The molecule has 2 aromatic rings. The van der Waals surface area contributed by atoms with Crippen LogP contribution in [0, 0.1) is 6.92 Å². The minimum atomic E-state index is 0.448. The van der Waals surface area contributed by atoms with E-state index in [1.165, 1.54) is 5.56 Å². The third-order valence-electron chi connectivity index (χ3n) is 2.27. The maximum Gasteiger partial charge on any atom is 0.151 e. The van der Waals surface area contributed by atoms with Crippen molar-refractivity contribution >= 4 is 11.6 Å². The molecule has 0 N–H and O–H groups in total. The van der Waals surface area contributed by atoms with Gasteiger partial charge in [-0.1, -0.05) is 41.9 Å². The Kier molecular flexibility index (Phi) is 2.97. The number of aromatic nitrogens is 2. The van der Waals surface area contributed by atoms with Crippen molar-refractivity contribution in [2.45, 2.75) is 13.3 Å². The van der Waals surface area contributed by atoms with Crippen molar-refractivity contribution in [1.29, 1.82) is 0 Å². The first-order valence-electron chi connectivity index (χ1n) is 4.78. The predicted molar refractivity (Wildman–Crippen MR) is 61.0 cm³/mol. The molecule has 0 radical (unpaired) electrons. The Morgan fingerprint density at radius 3 is 2.53 bits per heavy atom. The van der Waals surface area contributed by atoms with E-state index in [0.717, 1.165) is 17.7 Å². The topological polar surface area (TPSA) is 25.8 Å². The Bertz CT molecular complexity index is 454. The van der Waals surface area contributed by atoms with E-state index in [-0.39, 0.29) is 0 Å². The molecule has 1 aromatic heterocycles. The zero-order valence-electron chi connectivity index (χ0n) is 8.44. The molecular weight excluding hydrogens is 208 g/mol. The number of aryl methyl sites for hydroxylation is 1. The lowest BCUT2D eigenvalue weighted by atomic mass is 10.1. The van der Waals surface area contributed by atoms with Crippen LogP contribution in [-0.2, 0) is 6.42 Å². The van der Waals surface area contributed by atoms with Crippen molar-refractivity contribution < 1.29 is 0 Å². The Morgan fingerprint density at radius 2 is 1.87 bits per heavy atom. The number of benzene rings is 1. The molecule has 0 aliphatic rings. The summed E-state index contributed by atoms with van der Waals surface area (Å²) in [6.45, 7) is 2.00. The summed E-state index contributed by atoms with van der Waals surface area (Å²) >= 11 is 5.75. The monoisotopic (exact) mass is 218 g/mol. The molecule has 0 aliphatic carbocycles. The molecule has 0 fully saturated rings. The minimum Gasteiger partial charge on any atom is -0.154 e. The normalized spacial score (nSPS) is 10.3. The van der Waals surface area contributed by atoms with Gasteiger partial charge in [0, 0.05) is 6.42 Å². The van der Waals surface area contributed by atoms with Crippen LogP contribution in [0.25, 0.3) is 0 Å². The van der Waals surface area contributed by atoms with Gasteiger partial charge in [0.2, 0.25) is 0 Å². The first-order valence-corrected chi connectivity index (χ1v) is 5.16. The second-order valence-corrected chi connectivity index (χ2v) is 3.85. The summed E-state index contributed by atoms with van der Waals surface area (Å²) in [7, 11) is 0. The van der Waals surface area contributed by atoms with Gasteiger partial charge in [0.05, 0.1) is 5.69 Å². The second kappa shape index (κ2) is 4.41. The van der Waals surface area contributed by atoms with Gasteiger partial charge in [-0.3, -0.25) is 0 Å². The first-order chi connectivity index (χ1) is 7.25. The van der Waals surface area contributed by atoms with Crippen molar-refractivity contribution in [2.75, 3.05) is 0 Å². The number of nitrogens with zero attached hydrogens (tertiary/aromatic N) is 2. The van der Waals surface area contributed by atoms with Gasteiger partial charge in [-0.15, -0.1) is 5.10 Å². The smallest absolute Gasteiger partial charge is 0.151 e. The third kappa shape index (κ3) is 2.54. The molecule has 0 aliphatic heterocycles. The Hall–Kier alpha value is -1.41. The van der Waals surface area contributed by atoms with Gasteiger partial charge >= 0.3 is 0 Å². The molecule has 76 valence electrons. The molecule has 1 heterocycles. The molecule has 0 amide bonds. The van der Waals surface area contributed by atoms with E-state index in [1.54, 1.807) is 0 Å². The van der Waals surface area contributed by atoms with Crippen molar-refractivity contribution in [3.63, 3.8) is 0 Å². The fourth-order valence-corrected chi connectivity index (χ4v) is 1.64. The molecule has 15 heavy (non-hydrogen) atoms. The van der Waals surface area contributed by atoms with Gasteiger partial charge < -0.3 is 0 Å². The van der Waals surface area contributed by atoms with Gasteiger partial charge in [-0.2, -0.15) is 5.10 Å². The lowest BCUT2D eigenvalue weighted by Gasteiger charge is -2.03. The van der Waals surface area contributed by atoms with Crippen LogP contribution in [0.4, 0.5) is 0 Å². The van der Waals surface area contributed by atoms with Crippen LogP contribution >= 0.6 is 11.6 Å². The molecule has 3 heteroatoms. The van der Waals surface area contributed by atoms with Crippen LogP contribution in [-0.4, -0.2) is 10.2 Å². The molecule has 0 saturated heterocycles. The highest BCUT2D eigenvalue weighted by Gasteiger charge is 2.03. The molecule has 0 saturated carbocycles. The highest BCUT2D eigenvalue weighted by molar-refractivity contribution is 6.29. The molecular formula is C12H11ClN2. The molecule has 0 atom stereocenters. The van der Waals surface area contributed by atoms with E-state index in [4.69, 9.17) is 11.6 Å². The van der Waals surface area contributed by atoms with Crippen LogP contribution in [0.1, 0.15) is 16.8 Å². The van der Waals surface area contributed by atoms with Gasteiger partial charge in [0.1, 0.15) is 0 Å². The van der Waals surface area contributed by atoms with Crippen molar-refractivity contribution in [3.8, 4) is 0 Å². The lowest BCUT2D eigenvalue weighted by Crippen LogP contribution is -1.98. The lowest BCUT2D eigenvalue weighted by molar-refractivity contribution is 0.918. The van der Waals surface area contributed by atoms with E-state index in [0.29, 0.717) is 5.15 Å². The van der Waals surface area contributed by atoms with Crippen molar-refractivity contribution in [1.82, 2.24) is 10.2 Å². The number of rotatable bonds is 2. The average molecular weight is 219 g/mol. The zero-order valence-corrected chi connectivity index (χ0v) is 9.20. The molecule has 0 spiro atoms. The summed E-state index contributed by atoms with van der Waals surface area (Å²) in [5, 5.41) is 8.39. The Morgan fingerprint density at radius 1 is 1.13 bits per heavy atom. The van der Waals surface area contributed by atoms with Crippen LogP contribution < -0.4 is 0 Å². The largest absolute Gasteiger partial charge is 0.154 e. The van der Waals surface area contributed by atoms with E-state index in [9.17, 15) is 0 Å². The molecule has 2 nitrogen and oxygen atoms in total. The highest BCUT2D eigenvalue weighted by atomic mass is 35.5. The number of hydrogen-bond acceptors (Lipinski definition) is 2. The van der Waals surface area contributed by atoms with Gasteiger partial charge in [-0.25, -0.2) is 0 Å². The fraction of sp³-hybridized carbons (Fsp3) is 0.167. The van der Waals surface area contributed by atoms with Crippen LogP contribution in [0.3, 0.4) is 0 Å². The summed E-state index contributed by atoms with van der Waals surface area (Å²) < 4.78 is 0. The summed E-state index contributed by atoms with van der Waals surface area (Å²) in [5.74, 6) is 0. The van der Waals surface area contributed by atoms with Crippen molar-refractivity contribution in [2.24, 2.45) is 0 Å². The van der Waals surface area contributed by atoms with Gasteiger partial charge in [0.15, 0.2) is 5.15 Å². The summed E-state index contributed by atoms with van der Waals surface area (Å²) in [6.07, 6.45) is 0.802. The van der Waals surface area contributed by atoms with Gasteiger partial charge in [0.25, 0.3) is 0 Å². The Balaban J connectivity index is 2.25. The molecule has 0 bridgehead atoms. The quantitative estimate of drug-likeness (QED) is 0.775. The third-order valence-corrected chi connectivity index (χ3v) is 2.46.